The molecule has 0 unspecified atom stereocenters. The van der Waals surface area contributed by atoms with Crippen molar-refractivity contribution >= 4 is 82.7 Å². The molecule has 13 aromatic rings. The highest BCUT2D eigenvalue weighted by atomic mass is 16.3. The number of benzene rings is 10. The minimum atomic E-state index is 0.900. The van der Waals surface area contributed by atoms with Crippen LogP contribution in [0.2, 0.25) is 0 Å². The Morgan fingerprint density at radius 3 is 1.03 bits per heavy atom. The summed E-state index contributed by atoms with van der Waals surface area (Å²) < 4.78 is 14.6. The first-order chi connectivity index (χ1) is 31.7. The molecule has 0 saturated carbocycles. The van der Waals surface area contributed by atoms with E-state index in [1.165, 1.54) is 27.4 Å². The van der Waals surface area contributed by atoms with E-state index in [4.69, 9.17) is 8.83 Å². The highest BCUT2D eigenvalue weighted by Gasteiger charge is 2.17. The van der Waals surface area contributed by atoms with Gasteiger partial charge in [-0.3, -0.25) is 0 Å². The van der Waals surface area contributed by atoms with E-state index < -0.39 is 0 Å². The number of fused-ring (bicyclic) bond motifs is 9. The fourth-order valence-electron chi connectivity index (χ4n) is 9.67. The van der Waals surface area contributed by atoms with Gasteiger partial charge in [0.15, 0.2) is 0 Å². The van der Waals surface area contributed by atoms with Crippen molar-refractivity contribution in [3.05, 3.63) is 231 Å². The van der Waals surface area contributed by atoms with Gasteiger partial charge in [-0.2, -0.15) is 0 Å². The van der Waals surface area contributed by atoms with Gasteiger partial charge in [0, 0.05) is 55.1 Å². The van der Waals surface area contributed by atoms with Gasteiger partial charge in [-0.05, 0) is 130 Å². The van der Waals surface area contributed by atoms with E-state index >= 15 is 0 Å². The lowest BCUT2D eigenvalue weighted by molar-refractivity contribution is 0.668. The zero-order chi connectivity index (χ0) is 42.1. The lowest BCUT2D eigenvalue weighted by Gasteiger charge is -2.26. The molecule has 4 heteroatoms. The van der Waals surface area contributed by atoms with Crippen molar-refractivity contribution in [3.63, 3.8) is 0 Å². The van der Waals surface area contributed by atoms with Crippen molar-refractivity contribution in [2.75, 3.05) is 4.90 Å². The van der Waals surface area contributed by atoms with Crippen LogP contribution in [0.1, 0.15) is 0 Å². The normalized spacial score (nSPS) is 11.8. The van der Waals surface area contributed by atoms with Gasteiger partial charge in [-0.25, -0.2) is 0 Å². The van der Waals surface area contributed by atoms with Crippen molar-refractivity contribution in [1.29, 1.82) is 0 Å². The monoisotopic (exact) mass is 818 g/mol. The first kappa shape index (κ1) is 36.1. The quantitative estimate of drug-likeness (QED) is 0.161. The molecule has 3 aromatic heterocycles. The number of furan rings is 2. The van der Waals surface area contributed by atoms with Gasteiger partial charge in [0.25, 0.3) is 0 Å². The molecule has 0 saturated heterocycles. The van der Waals surface area contributed by atoms with E-state index in [1.807, 2.05) is 24.3 Å². The Morgan fingerprint density at radius 1 is 0.266 bits per heavy atom. The molecule has 0 aliphatic heterocycles. The molecule has 300 valence electrons. The minimum absolute atomic E-state index is 0.900. The molecule has 0 radical (unpaired) electrons. The summed E-state index contributed by atoms with van der Waals surface area (Å²) in [5.74, 6) is 0. The van der Waals surface area contributed by atoms with Crippen LogP contribution in [0.3, 0.4) is 0 Å². The standard InChI is InChI=1S/C60H38N2O2/c1-5-13-55-49(9-1)50-10-2-6-14-56(50)62(55)48-33-19-40(20-34-48)39-17-27-45(28-18-39)61(46-29-21-41(22-30-46)43-25-35-59-53(37-43)51-11-3-7-15-57(51)63-59)47-31-23-42(24-32-47)44-26-36-60-54(38-44)52-12-4-8-16-58(52)64-60/h1-38H. The maximum absolute atomic E-state index is 6.13. The van der Waals surface area contributed by atoms with Crippen LogP contribution < -0.4 is 4.90 Å². The molecule has 0 fully saturated rings. The largest absolute Gasteiger partial charge is 0.456 e. The fraction of sp³-hybridized carbons (Fsp3) is 0. The number of hydrogen-bond donors (Lipinski definition) is 0. The van der Waals surface area contributed by atoms with Gasteiger partial charge in [0.1, 0.15) is 22.3 Å². The molecular formula is C60H38N2O2. The number of para-hydroxylation sites is 4. The summed E-state index contributed by atoms with van der Waals surface area (Å²) in [5, 5.41) is 7.04. The third-order valence-electron chi connectivity index (χ3n) is 12.8. The molecule has 0 atom stereocenters. The van der Waals surface area contributed by atoms with Gasteiger partial charge in [0.2, 0.25) is 0 Å². The lowest BCUT2D eigenvalue weighted by Crippen LogP contribution is -2.09. The Balaban J connectivity index is 0.855. The van der Waals surface area contributed by atoms with E-state index in [-0.39, 0.29) is 0 Å². The second-order valence-electron chi connectivity index (χ2n) is 16.5. The number of hydrogen-bond acceptors (Lipinski definition) is 3. The molecule has 0 aliphatic carbocycles. The molecular weight excluding hydrogens is 781 g/mol. The van der Waals surface area contributed by atoms with E-state index in [0.717, 1.165) is 94.4 Å². The van der Waals surface area contributed by atoms with Gasteiger partial charge in [-0.1, -0.05) is 133 Å². The summed E-state index contributed by atoms with van der Waals surface area (Å²) >= 11 is 0. The molecule has 13 rings (SSSR count). The third kappa shape index (κ3) is 5.92. The highest BCUT2D eigenvalue weighted by Crippen LogP contribution is 2.40. The fourth-order valence-corrected chi connectivity index (χ4v) is 9.67. The average Bonchev–Trinajstić information content (AvgIpc) is 4.04. The zero-order valence-corrected chi connectivity index (χ0v) is 34.7. The van der Waals surface area contributed by atoms with Gasteiger partial charge >= 0.3 is 0 Å². The number of nitrogens with zero attached hydrogens (tertiary/aromatic N) is 2. The maximum Gasteiger partial charge on any atom is 0.135 e. The van der Waals surface area contributed by atoms with Crippen molar-refractivity contribution in [1.82, 2.24) is 4.57 Å². The Hall–Kier alpha value is -8.60. The van der Waals surface area contributed by atoms with Crippen molar-refractivity contribution < 1.29 is 8.83 Å². The highest BCUT2D eigenvalue weighted by molar-refractivity contribution is 6.10. The van der Waals surface area contributed by atoms with Crippen molar-refractivity contribution in [3.8, 4) is 39.1 Å². The minimum Gasteiger partial charge on any atom is -0.456 e. The van der Waals surface area contributed by atoms with Crippen LogP contribution >= 0.6 is 0 Å². The average molecular weight is 819 g/mol. The number of aromatic nitrogens is 1. The Morgan fingerprint density at radius 2 is 0.594 bits per heavy atom. The summed E-state index contributed by atoms with van der Waals surface area (Å²) in [6.07, 6.45) is 0. The maximum atomic E-state index is 6.13. The van der Waals surface area contributed by atoms with Crippen LogP contribution in [0.4, 0.5) is 17.1 Å². The molecule has 0 aliphatic rings. The van der Waals surface area contributed by atoms with Crippen LogP contribution in [0.5, 0.6) is 0 Å². The summed E-state index contributed by atoms with van der Waals surface area (Å²) in [6.45, 7) is 0. The molecule has 0 N–H and O–H groups in total. The number of rotatable bonds is 7. The SMILES string of the molecule is c1ccc2c(c1)oc1ccc(-c3ccc(N(c4ccc(-c5ccc(-n6c7ccccc7c7ccccc76)cc5)cc4)c4ccc(-c5ccc6oc7ccccc7c6c5)cc4)cc3)cc12. The van der Waals surface area contributed by atoms with Gasteiger partial charge < -0.3 is 18.3 Å². The van der Waals surface area contributed by atoms with E-state index in [2.05, 4.69) is 216 Å². The Kier molecular flexibility index (Phi) is 8.18. The summed E-state index contributed by atoms with van der Waals surface area (Å²) in [4.78, 5) is 2.34. The molecule has 64 heavy (non-hydrogen) atoms. The lowest BCUT2D eigenvalue weighted by atomic mass is 10.0. The third-order valence-corrected chi connectivity index (χ3v) is 12.8. The zero-order valence-electron chi connectivity index (χ0n) is 34.7. The topological polar surface area (TPSA) is 34.5 Å². The van der Waals surface area contributed by atoms with Gasteiger partial charge in [0.05, 0.1) is 11.0 Å². The van der Waals surface area contributed by atoms with Crippen LogP contribution in [-0.2, 0) is 0 Å². The first-order valence-electron chi connectivity index (χ1n) is 21.7. The smallest absolute Gasteiger partial charge is 0.135 e. The van der Waals surface area contributed by atoms with Gasteiger partial charge in [-0.15, -0.1) is 0 Å². The van der Waals surface area contributed by atoms with E-state index in [9.17, 15) is 0 Å². The van der Waals surface area contributed by atoms with E-state index in [1.54, 1.807) is 0 Å². The van der Waals surface area contributed by atoms with Crippen molar-refractivity contribution in [2.45, 2.75) is 0 Å². The molecule has 0 bridgehead atoms. The van der Waals surface area contributed by atoms with E-state index in [0.29, 0.717) is 0 Å². The molecule has 10 aromatic carbocycles. The van der Waals surface area contributed by atoms with Crippen LogP contribution in [-0.4, -0.2) is 4.57 Å². The van der Waals surface area contributed by atoms with Crippen molar-refractivity contribution in [2.24, 2.45) is 0 Å². The molecule has 4 nitrogen and oxygen atoms in total. The predicted molar refractivity (Wildman–Crippen MR) is 266 cm³/mol. The molecule has 0 spiro atoms. The molecule has 0 amide bonds. The Bertz CT molecular complexity index is 3660. The van der Waals surface area contributed by atoms with Crippen LogP contribution in [0.15, 0.2) is 239 Å². The summed E-state index contributed by atoms with van der Waals surface area (Å²) in [6, 6.07) is 82.3. The first-order valence-corrected chi connectivity index (χ1v) is 21.7. The second-order valence-corrected chi connectivity index (χ2v) is 16.5. The molecule has 3 heterocycles. The summed E-state index contributed by atoms with van der Waals surface area (Å²) in [5.41, 5.74) is 17.3. The predicted octanol–water partition coefficient (Wildman–Crippen LogP) is 17.1. The second kappa shape index (κ2) is 14.5. The Labute approximate surface area is 369 Å². The number of anilines is 3. The van der Waals surface area contributed by atoms with Crippen LogP contribution in [0, 0.1) is 0 Å². The van der Waals surface area contributed by atoms with Crippen LogP contribution in [0.25, 0.3) is 105 Å². The summed E-state index contributed by atoms with van der Waals surface area (Å²) in [7, 11) is 0.